The predicted octanol–water partition coefficient (Wildman–Crippen LogP) is 3.27. The van der Waals surface area contributed by atoms with Crippen molar-refractivity contribution in [1.29, 1.82) is 0 Å². The van der Waals surface area contributed by atoms with Gasteiger partial charge in [-0.1, -0.05) is 17.7 Å². The Hall–Kier alpha value is -2.60. The molecule has 0 unspecified atom stereocenters. The van der Waals surface area contributed by atoms with Gasteiger partial charge in [-0.15, -0.1) is 0 Å². The third-order valence-electron chi connectivity index (χ3n) is 4.74. The second kappa shape index (κ2) is 7.96. The lowest BCUT2D eigenvalue weighted by atomic mass is 10.1. The number of carbonyl (C=O) groups is 2. The van der Waals surface area contributed by atoms with Crippen molar-refractivity contribution in [2.24, 2.45) is 0 Å². The summed E-state index contributed by atoms with van der Waals surface area (Å²) in [4.78, 5) is 32.3. The lowest BCUT2D eigenvalue weighted by molar-refractivity contribution is -0.129. The van der Waals surface area contributed by atoms with E-state index in [2.05, 4.69) is 15.2 Å². The molecule has 0 saturated carbocycles. The zero-order chi connectivity index (χ0) is 19.6. The Morgan fingerprint density at radius 3 is 2.44 bits per heavy atom. The summed E-state index contributed by atoms with van der Waals surface area (Å²) >= 11 is 6.28. The maximum atomic E-state index is 12.7. The van der Waals surface area contributed by atoms with E-state index < -0.39 is 0 Å². The maximum Gasteiger partial charge on any atom is 0.274 e. The second-order valence-corrected chi connectivity index (χ2v) is 7.19. The molecule has 142 valence electrons. The van der Waals surface area contributed by atoms with Crippen LogP contribution in [-0.4, -0.2) is 47.9 Å². The molecule has 1 aliphatic rings. The highest BCUT2D eigenvalue weighted by molar-refractivity contribution is 6.34. The van der Waals surface area contributed by atoms with E-state index in [-0.39, 0.29) is 11.8 Å². The molecule has 1 aromatic carbocycles. The van der Waals surface area contributed by atoms with Crippen LogP contribution >= 0.6 is 11.6 Å². The predicted molar refractivity (Wildman–Crippen MR) is 108 cm³/mol. The first-order valence-electron chi connectivity index (χ1n) is 8.90. The van der Waals surface area contributed by atoms with Crippen molar-refractivity contribution < 1.29 is 9.59 Å². The number of nitrogens with one attached hydrogen (secondary N) is 1. The molecule has 0 radical (unpaired) electrons. The lowest BCUT2D eigenvalue weighted by Crippen LogP contribution is -2.48. The van der Waals surface area contributed by atoms with E-state index >= 15 is 0 Å². The van der Waals surface area contributed by atoms with Gasteiger partial charge in [0, 0.05) is 45.0 Å². The van der Waals surface area contributed by atoms with Crippen molar-refractivity contribution in [3.8, 4) is 0 Å². The molecule has 1 N–H and O–H groups in total. The summed E-state index contributed by atoms with van der Waals surface area (Å²) in [7, 11) is 0. The van der Waals surface area contributed by atoms with E-state index in [1.165, 1.54) is 0 Å². The van der Waals surface area contributed by atoms with Crippen molar-refractivity contribution in [2.45, 2.75) is 20.8 Å². The van der Waals surface area contributed by atoms with Gasteiger partial charge in [0.1, 0.15) is 5.69 Å². The number of benzene rings is 1. The molecule has 1 fully saturated rings. The number of amides is 2. The van der Waals surface area contributed by atoms with Crippen molar-refractivity contribution in [2.75, 3.05) is 36.4 Å². The van der Waals surface area contributed by atoms with Crippen LogP contribution in [0.25, 0.3) is 0 Å². The van der Waals surface area contributed by atoms with Crippen LogP contribution in [0.3, 0.4) is 0 Å². The summed E-state index contributed by atoms with van der Waals surface area (Å²) in [5.74, 6) is -0.206. The summed E-state index contributed by atoms with van der Waals surface area (Å²) < 4.78 is 0. The standard InChI is InChI=1S/C20H23ClN4O2/c1-13-10-14(2)19(17(21)11-13)23-20(27)18-12-16(4-5-22-18)25-8-6-24(7-9-25)15(3)26/h4-5,10-12H,6-9H2,1-3H3,(H,23,27). The van der Waals surface area contributed by atoms with Gasteiger partial charge in [0.05, 0.1) is 10.7 Å². The molecule has 0 bridgehead atoms. The lowest BCUT2D eigenvalue weighted by Gasteiger charge is -2.35. The average Bonchev–Trinajstić information content (AvgIpc) is 2.64. The van der Waals surface area contributed by atoms with E-state index in [1.807, 2.05) is 36.9 Å². The minimum atomic E-state index is -0.298. The van der Waals surface area contributed by atoms with Crippen LogP contribution in [0, 0.1) is 13.8 Å². The number of aryl methyl sites for hydroxylation is 2. The van der Waals surface area contributed by atoms with Crippen molar-refractivity contribution in [3.05, 3.63) is 52.3 Å². The Morgan fingerprint density at radius 1 is 1.11 bits per heavy atom. The maximum absolute atomic E-state index is 12.7. The second-order valence-electron chi connectivity index (χ2n) is 6.79. The number of hydrogen-bond donors (Lipinski definition) is 1. The van der Waals surface area contributed by atoms with Crippen molar-refractivity contribution >= 4 is 34.8 Å². The van der Waals surface area contributed by atoms with Gasteiger partial charge < -0.3 is 15.1 Å². The fourth-order valence-electron chi connectivity index (χ4n) is 3.27. The topological polar surface area (TPSA) is 65.5 Å². The van der Waals surface area contributed by atoms with Gasteiger partial charge >= 0.3 is 0 Å². The Bertz CT molecular complexity index is 853. The zero-order valence-electron chi connectivity index (χ0n) is 15.8. The van der Waals surface area contributed by atoms with Crippen molar-refractivity contribution in [1.82, 2.24) is 9.88 Å². The summed E-state index contributed by atoms with van der Waals surface area (Å²) in [5.41, 5.74) is 3.81. The minimum absolute atomic E-state index is 0.0924. The van der Waals surface area contributed by atoms with Crippen LogP contribution in [0.15, 0.2) is 30.5 Å². The van der Waals surface area contributed by atoms with Gasteiger partial charge in [0.25, 0.3) is 5.91 Å². The highest BCUT2D eigenvalue weighted by Gasteiger charge is 2.20. The molecule has 27 heavy (non-hydrogen) atoms. The largest absolute Gasteiger partial charge is 0.368 e. The van der Waals surface area contributed by atoms with E-state index in [9.17, 15) is 9.59 Å². The number of anilines is 2. The molecule has 1 aromatic heterocycles. The number of halogens is 1. The fraction of sp³-hybridized carbons (Fsp3) is 0.350. The molecule has 2 aromatic rings. The SMILES string of the molecule is CC(=O)N1CCN(c2ccnc(C(=O)Nc3c(C)cc(C)cc3Cl)c2)CC1. The quantitative estimate of drug-likeness (QED) is 0.879. The van der Waals surface area contributed by atoms with Crippen LogP contribution in [-0.2, 0) is 4.79 Å². The van der Waals surface area contributed by atoms with Crippen molar-refractivity contribution in [3.63, 3.8) is 0 Å². The molecular formula is C20H23ClN4O2. The molecule has 7 heteroatoms. The van der Waals surface area contributed by atoms with Gasteiger partial charge in [0.15, 0.2) is 0 Å². The van der Waals surface area contributed by atoms with Gasteiger partial charge in [0.2, 0.25) is 5.91 Å². The van der Waals surface area contributed by atoms with Crippen LogP contribution in [0.4, 0.5) is 11.4 Å². The van der Waals surface area contributed by atoms with E-state index in [0.717, 1.165) is 29.9 Å². The van der Waals surface area contributed by atoms with E-state index in [0.29, 0.717) is 29.5 Å². The average molecular weight is 387 g/mol. The number of piperazine rings is 1. The Balaban J connectivity index is 1.74. The molecule has 0 spiro atoms. The first-order valence-corrected chi connectivity index (χ1v) is 9.27. The van der Waals surface area contributed by atoms with Gasteiger partial charge in [-0.05, 0) is 43.2 Å². The molecule has 6 nitrogen and oxygen atoms in total. The molecule has 2 heterocycles. The zero-order valence-corrected chi connectivity index (χ0v) is 16.5. The first kappa shape index (κ1) is 19.2. The van der Waals surface area contributed by atoms with Crippen LogP contribution in [0.2, 0.25) is 5.02 Å². The monoisotopic (exact) mass is 386 g/mol. The number of hydrogen-bond acceptors (Lipinski definition) is 4. The number of pyridine rings is 1. The summed E-state index contributed by atoms with van der Waals surface area (Å²) in [5, 5.41) is 3.38. The van der Waals surface area contributed by atoms with Crippen LogP contribution < -0.4 is 10.2 Å². The molecule has 3 rings (SSSR count). The first-order chi connectivity index (χ1) is 12.8. The molecule has 1 saturated heterocycles. The van der Waals surface area contributed by atoms with Gasteiger partial charge in [-0.3, -0.25) is 14.6 Å². The number of nitrogens with zero attached hydrogens (tertiary/aromatic N) is 3. The summed E-state index contributed by atoms with van der Waals surface area (Å²) in [6.07, 6.45) is 1.63. The molecule has 0 atom stereocenters. The smallest absolute Gasteiger partial charge is 0.274 e. The third-order valence-corrected chi connectivity index (χ3v) is 5.03. The van der Waals surface area contributed by atoms with Crippen LogP contribution in [0.1, 0.15) is 28.5 Å². The number of aromatic nitrogens is 1. The number of carbonyl (C=O) groups excluding carboxylic acids is 2. The summed E-state index contributed by atoms with van der Waals surface area (Å²) in [6.45, 7) is 8.27. The number of rotatable bonds is 3. The third kappa shape index (κ3) is 4.39. The van der Waals surface area contributed by atoms with Gasteiger partial charge in [-0.25, -0.2) is 0 Å². The Morgan fingerprint density at radius 2 is 1.81 bits per heavy atom. The van der Waals surface area contributed by atoms with Crippen LogP contribution in [0.5, 0.6) is 0 Å². The van der Waals surface area contributed by atoms with Gasteiger partial charge in [-0.2, -0.15) is 0 Å². The molecule has 2 amide bonds. The highest BCUT2D eigenvalue weighted by atomic mass is 35.5. The Kier molecular flexibility index (Phi) is 5.65. The highest BCUT2D eigenvalue weighted by Crippen LogP contribution is 2.28. The minimum Gasteiger partial charge on any atom is -0.368 e. The fourth-order valence-corrected chi connectivity index (χ4v) is 3.64. The summed E-state index contributed by atoms with van der Waals surface area (Å²) in [6, 6.07) is 7.45. The van der Waals surface area contributed by atoms with E-state index in [4.69, 9.17) is 11.6 Å². The normalized spacial score (nSPS) is 14.2. The molecule has 1 aliphatic heterocycles. The Labute approximate surface area is 164 Å². The van der Waals surface area contributed by atoms with E-state index in [1.54, 1.807) is 19.2 Å². The molecule has 0 aliphatic carbocycles. The molecular weight excluding hydrogens is 364 g/mol.